The van der Waals surface area contributed by atoms with Gasteiger partial charge in [-0.25, -0.2) is 0 Å². The lowest BCUT2D eigenvalue weighted by Crippen LogP contribution is -2.63. The summed E-state index contributed by atoms with van der Waals surface area (Å²) in [5, 5.41) is 22.3. The Morgan fingerprint density at radius 2 is 1.66 bits per heavy atom. The number of allylic oxidation sites excluding steroid dienone is 3. The molecule has 2 saturated heterocycles. The molecule has 320 valence electrons. The molecule has 2 N–H and O–H groups in total. The highest BCUT2D eigenvalue weighted by molar-refractivity contribution is 5.91. The van der Waals surface area contributed by atoms with Gasteiger partial charge in [-0.3, -0.25) is 14.4 Å². The Balaban J connectivity index is 2.05. The number of ether oxygens (including phenoxy) is 8. The predicted molar refractivity (Wildman–Crippen MR) is 204 cm³/mol. The van der Waals surface area contributed by atoms with Gasteiger partial charge in [0, 0.05) is 51.7 Å². The van der Waals surface area contributed by atoms with E-state index in [0.717, 1.165) is 11.9 Å². The van der Waals surface area contributed by atoms with Gasteiger partial charge in [0.15, 0.2) is 18.4 Å². The molecule has 56 heavy (non-hydrogen) atoms. The van der Waals surface area contributed by atoms with Crippen molar-refractivity contribution in [1.82, 2.24) is 4.90 Å². The molecule has 3 aliphatic heterocycles. The number of methoxy groups -OCH3 is 2. The van der Waals surface area contributed by atoms with E-state index in [4.69, 9.17) is 37.9 Å². The summed E-state index contributed by atoms with van der Waals surface area (Å²) in [6.07, 6.45) is -2.17. The van der Waals surface area contributed by atoms with Gasteiger partial charge in [0.2, 0.25) is 0 Å². The fraction of sp³-hybridized carbons (Fsp3) is 0.805. The summed E-state index contributed by atoms with van der Waals surface area (Å²) < 4.78 is 48.2. The number of aldehydes is 1. The zero-order valence-corrected chi connectivity index (χ0v) is 35.0. The van der Waals surface area contributed by atoms with Crippen LogP contribution < -0.4 is 0 Å². The first kappa shape index (κ1) is 47.8. The molecule has 0 spiro atoms. The Morgan fingerprint density at radius 1 is 0.964 bits per heavy atom. The van der Waals surface area contributed by atoms with Crippen molar-refractivity contribution in [2.24, 2.45) is 23.7 Å². The molecule has 2 fully saturated rings. The lowest BCUT2D eigenvalue weighted by atomic mass is 9.79. The van der Waals surface area contributed by atoms with E-state index in [0.29, 0.717) is 12.8 Å². The summed E-state index contributed by atoms with van der Waals surface area (Å²) in [4.78, 5) is 53.9. The number of hydrogen-bond acceptors (Lipinski definition) is 15. The van der Waals surface area contributed by atoms with Gasteiger partial charge >= 0.3 is 11.9 Å². The molecule has 3 unspecified atom stereocenters. The standard InChI is InChI=1S/C41H67NO14/c1-12-31-29(21-51-41-39(50-11)33(49-10)19-24(4)52-41)17-22(2)13-14-30(45)23(3)18-28(15-16-43)38(25(5)32(54-27(7)44)20-34(46)55-31)56-40-37(48)35(42(8)9)36(47)26(6)53-40/h13-14,16-17,23-26,28-29,31-33,35-41,47-48H,12,15,18-21H2,1-11H3/b14-13-,22-17+/t23-,24-,25+,26-,28+,29-,31?,32?,33-,35+,36-,37-,38?,39-,40+,41-/m1/s1. The molecule has 0 aliphatic carbocycles. The molecule has 3 heterocycles. The summed E-state index contributed by atoms with van der Waals surface area (Å²) >= 11 is 0. The van der Waals surface area contributed by atoms with Gasteiger partial charge in [-0.1, -0.05) is 38.5 Å². The maximum atomic E-state index is 13.9. The molecular formula is C41H67NO14. The topological polar surface area (TPSA) is 186 Å². The first-order valence-electron chi connectivity index (χ1n) is 19.8. The third-order valence-corrected chi connectivity index (χ3v) is 11.2. The molecule has 0 bridgehead atoms. The first-order valence-corrected chi connectivity index (χ1v) is 19.8. The largest absolute Gasteiger partial charge is 0.462 e. The second-order valence-electron chi connectivity index (χ2n) is 15.9. The van der Waals surface area contributed by atoms with Crippen molar-refractivity contribution in [2.75, 3.05) is 34.9 Å². The third kappa shape index (κ3) is 13.0. The zero-order valence-electron chi connectivity index (χ0n) is 35.0. The maximum Gasteiger partial charge on any atom is 0.309 e. The third-order valence-electron chi connectivity index (χ3n) is 11.2. The summed E-state index contributed by atoms with van der Waals surface area (Å²) in [6.45, 7) is 12.1. The number of carbonyl (C=O) groups is 4. The monoisotopic (exact) mass is 797 g/mol. The van der Waals surface area contributed by atoms with Gasteiger partial charge in [-0.15, -0.1) is 0 Å². The van der Waals surface area contributed by atoms with E-state index in [1.807, 2.05) is 26.8 Å². The predicted octanol–water partition coefficient (Wildman–Crippen LogP) is 3.16. The van der Waals surface area contributed by atoms with Gasteiger partial charge < -0.3 is 57.8 Å². The number of ketones is 1. The van der Waals surface area contributed by atoms with Crippen LogP contribution in [0.1, 0.15) is 80.6 Å². The van der Waals surface area contributed by atoms with E-state index in [9.17, 15) is 29.4 Å². The Hall–Kier alpha value is -2.60. The van der Waals surface area contributed by atoms with Crippen LogP contribution in [0.4, 0.5) is 0 Å². The number of likely N-dealkylation sites (N-methyl/N-ethyl adjacent to an activating group) is 1. The van der Waals surface area contributed by atoms with Crippen molar-refractivity contribution in [3.8, 4) is 0 Å². The van der Waals surface area contributed by atoms with Crippen molar-refractivity contribution >= 4 is 24.0 Å². The van der Waals surface area contributed by atoms with Crippen molar-refractivity contribution in [3.63, 3.8) is 0 Å². The number of cyclic esters (lactones) is 1. The summed E-state index contributed by atoms with van der Waals surface area (Å²) in [6, 6.07) is -0.756. The minimum absolute atomic E-state index is 0.0389. The second-order valence-corrected chi connectivity index (χ2v) is 15.9. The van der Waals surface area contributed by atoms with E-state index < -0.39 is 97.0 Å². The molecule has 0 amide bonds. The van der Waals surface area contributed by atoms with Crippen LogP contribution in [0.25, 0.3) is 0 Å². The Morgan fingerprint density at radius 3 is 2.25 bits per heavy atom. The molecule has 15 nitrogen and oxygen atoms in total. The van der Waals surface area contributed by atoms with E-state index >= 15 is 0 Å². The van der Waals surface area contributed by atoms with Gasteiger partial charge in [0.25, 0.3) is 0 Å². The van der Waals surface area contributed by atoms with Crippen molar-refractivity contribution < 1.29 is 67.3 Å². The highest BCUT2D eigenvalue weighted by Gasteiger charge is 2.48. The van der Waals surface area contributed by atoms with Crippen molar-refractivity contribution in [1.29, 1.82) is 0 Å². The molecule has 0 aromatic heterocycles. The van der Waals surface area contributed by atoms with Crippen LogP contribution in [0.2, 0.25) is 0 Å². The minimum atomic E-state index is -1.32. The fourth-order valence-electron chi connectivity index (χ4n) is 8.09. The zero-order chi connectivity index (χ0) is 41.9. The van der Waals surface area contributed by atoms with E-state index in [1.54, 1.807) is 60.1 Å². The molecule has 16 atom stereocenters. The number of esters is 2. The highest BCUT2D eigenvalue weighted by Crippen LogP contribution is 2.35. The number of nitrogens with zero attached hydrogens (tertiary/aromatic N) is 1. The van der Waals surface area contributed by atoms with Gasteiger partial charge in [-0.2, -0.15) is 0 Å². The second kappa shape index (κ2) is 22.5. The number of carbonyl (C=O) groups excluding carboxylic acids is 4. The summed E-state index contributed by atoms with van der Waals surface area (Å²) in [5.74, 6) is -3.95. The van der Waals surface area contributed by atoms with Crippen LogP contribution in [-0.4, -0.2) is 148 Å². The van der Waals surface area contributed by atoms with Crippen LogP contribution in [0.15, 0.2) is 23.8 Å². The van der Waals surface area contributed by atoms with E-state index in [1.165, 1.54) is 13.0 Å². The Labute approximate surface area is 332 Å². The average molecular weight is 798 g/mol. The first-order chi connectivity index (χ1) is 26.4. The molecule has 0 aromatic rings. The molecule has 3 aliphatic rings. The lowest BCUT2D eigenvalue weighted by molar-refractivity contribution is -0.304. The van der Waals surface area contributed by atoms with Crippen LogP contribution in [-0.2, 0) is 57.1 Å². The minimum Gasteiger partial charge on any atom is -0.462 e. The van der Waals surface area contributed by atoms with Crippen LogP contribution in [0.5, 0.6) is 0 Å². The lowest BCUT2D eigenvalue weighted by Gasteiger charge is -2.46. The van der Waals surface area contributed by atoms with Gasteiger partial charge in [0.1, 0.15) is 30.7 Å². The smallest absolute Gasteiger partial charge is 0.309 e. The Bertz CT molecular complexity index is 1340. The van der Waals surface area contributed by atoms with Gasteiger partial charge in [0.05, 0.1) is 49.6 Å². The average Bonchev–Trinajstić information content (AvgIpc) is 3.13. The molecule has 0 radical (unpaired) electrons. The van der Waals surface area contributed by atoms with Crippen LogP contribution >= 0.6 is 0 Å². The molecule has 3 rings (SSSR count). The molecular weight excluding hydrogens is 730 g/mol. The van der Waals surface area contributed by atoms with E-state index in [-0.39, 0.29) is 43.9 Å². The number of hydrogen-bond donors (Lipinski definition) is 2. The van der Waals surface area contributed by atoms with Crippen molar-refractivity contribution in [2.45, 2.75) is 154 Å². The van der Waals surface area contributed by atoms with Gasteiger partial charge in [-0.05, 0) is 59.7 Å². The van der Waals surface area contributed by atoms with Crippen LogP contribution in [0.3, 0.4) is 0 Å². The van der Waals surface area contributed by atoms with Crippen LogP contribution in [0, 0.1) is 23.7 Å². The fourth-order valence-corrected chi connectivity index (χ4v) is 8.09. The number of rotatable bonds is 12. The maximum absolute atomic E-state index is 13.9. The molecule has 0 saturated carbocycles. The Kier molecular flexibility index (Phi) is 19.2. The quantitative estimate of drug-likeness (QED) is 0.217. The SMILES string of the molecule is CCC1OC(=O)CC(OC(C)=O)[C@H](C)C(O[C@@H]2O[C@H](C)[C@@H](O)[C@H](N(C)C)[C@H]2O)[C@@H](CC=O)C[C@@H](C)C(=O)/C=C\C(C)=C\[C@@H]1CO[C@@H]1O[C@H](C)C[C@@H](OC)[C@H]1OC. The van der Waals surface area contributed by atoms with E-state index in [2.05, 4.69) is 0 Å². The molecule has 15 heteroatoms. The normalized spacial score (nSPS) is 41.0. The summed E-state index contributed by atoms with van der Waals surface area (Å²) in [7, 11) is 6.61. The number of aliphatic hydroxyl groups is 2. The highest BCUT2D eigenvalue weighted by atomic mass is 16.7. The number of aliphatic hydroxyl groups excluding tert-OH is 2. The summed E-state index contributed by atoms with van der Waals surface area (Å²) in [5.41, 5.74) is 0.726. The molecule has 0 aromatic carbocycles. The van der Waals surface area contributed by atoms with Crippen molar-refractivity contribution in [3.05, 3.63) is 23.8 Å².